The average molecular weight is 434 g/mol. The molecule has 1 aliphatic heterocycles. The molecule has 0 saturated carbocycles. The van der Waals surface area contributed by atoms with Gasteiger partial charge in [0.25, 0.3) is 5.91 Å². The minimum Gasteiger partial charge on any atom is -0.492 e. The molecule has 2 aromatic rings. The van der Waals surface area contributed by atoms with Gasteiger partial charge in [-0.3, -0.25) is 9.69 Å². The summed E-state index contributed by atoms with van der Waals surface area (Å²) in [5, 5.41) is 2.62. The molecule has 1 heterocycles. The number of methoxy groups -OCH3 is 1. The second kappa shape index (κ2) is 8.99. The maximum atomic E-state index is 12.9. The fourth-order valence-corrected chi connectivity index (χ4v) is 3.15. The van der Waals surface area contributed by atoms with Crippen molar-refractivity contribution in [3.05, 3.63) is 59.7 Å². The lowest BCUT2D eigenvalue weighted by atomic mass is 9.92. The highest BCUT2D eigenvalue weighted by Crippen LogP contribution is 2.30. The maximum absolute atomic E-state index is 12.9. The van der Waals surface area contributed by atoms with Crippen molar-refractivity contribution in [2.24, 2.45) is 0 Å². The van der Waals surface area contributed by atoms with E-state index in [0.29, 0.717) is 16.9 Å². The first-order valence-corrected chi connectivity index (χ1v) is 9.25. The van der Waals surface area contributed by atoms with E-state index in [-0.39, 0.29) is 18.9 Å². The first kappa shape index (κ1) is 22.0. The lowest BCUT2D eigenvalue weighted by Crippen LogP contribution is -2.41. The number of carbonyl (C=O) groups is 3. The number of urea groups is 1. The second-order valence-electron chi connectivity index (χ2n) is 6.78. The molecule has 0 radical (unpaired) electrons. The number of alkyl halides is 2. The van der Waals surface area contributed by atoms with E-state index in [1.54, 1.807) is 18.2 Å². The summed E-state index contributed by atoms with van der Waals surface area (Å²) in [7, 11) is 1.27. The third-order valence-electron chi connectivity index (χ3n) is 4.77. The van der Waals surface area contributed by atoms with Gasteiger partial charge < -0.3 is 19.5 Å². The largest absolute Gasteiger partial charge is 0.492 e. The summed E-state index contributed by atoms with van der Waals surface area (Å²) in [4.78, 5) is 37.9. The van der Waals surface area contributed by atoms with Crippen molar-refractivity contribution >= 4 is 17.9 Å². The number of nitrogens with one attached hydrogen (secondary N) is 1. The SMILES string of the molecule is COC(=O)c1cccc(OCCN2C(=O)NC(C)(c3ccc(OC(F)F)cc3)C2=O)c1. The zero-order valence-electron chi connectivity index (χ0n) is 16.8. The molecule has 1 aliphatic rings. The topological polar surface area (TPSA) is 94.2 Å². The fraction of sp³-hybridized carbons (Fsp3) is 0.286. The molecule has 3 amide bonds. The number of amides is 3. The van der Waals surface area contributed by atoms with Gasteiger partial charge in [0.05, 0.1) is 19.2 Å². The third kappa shape index (κ3) is 4.73. The summed E-state index contributed by atoms with van der Waals surface area (Å²) >= 11 is 0. The minimum atomic E-state index is -2.96. The zero-order chi connectivity index (χ0) is 22.6. The number of hydrogen-bond acceptors (Lipinski definition) is 6. The Morgan fingerprint density at radius 3 is 2.48 bits per heavy atom. The van der Waals surface area contributed by atoms with Crippen molar-refractivity contribution in [1.82, 2.24) is 10.2 Å². The molecule has 0 bridgehead atoms. The number of esters is 1. The number of nitrogens with zero attached hydrogens (tertiary/aromatic N) is 1. The molecule has 0 aromatic heterocycles. The van der Waals surface area contributed by atoms with Gasteiger partial charge in [0.2, 0.25) is 0 Å². The summed E-state index contributed by atoms with van der Waals surface area (Å²) in [6.45, 7) is -1.47. The van der Waals surface area contributed by atoms with E-state index in [4.69, 9.17) is 4.74 Å². The van der Waals surface area contributed by atoms with Crippen molar-refractivity contribution in [2.75, 3.05) is 20.3 Å². The molecule has 1 N–H and O–H groups in total. The fourth-order valence-electron chi connectivity index (χ4n) is 3.15. The van der Waals surface area contributed by atoms with Crippen molar-refractivity contribution < 1.29 is 37.4 Å². The predicted octanol–water partition coefficient (Wildman–Crippen LogP) is 2.92. The number of benzene rings is 2. The van der Waals surface area contributed by atoms with Gasteiger partial charge in [-0.15, -0.1) is 0 Å². The van der Waals surface area contributed by atoms with Gasteiger partial charge in [0.1, 0.15) is 23.6 Å². The molecular weight excluding hydrogens is 414 g/mol. The number of rotatable bonds is 8. The van der Waals surface area contributed by atoms with Crippen molar-refractivity contribution in [3.8, 4) is 11.5 Å². The number of hydrogen-bond donors (Lipinski definition) is 1. The van der Waals surface area contributed by atoms with Crippen LogP contribution in [0.25, 0.3) is 0 Å². The van der Waals surface area contributed by atoms with Crippen LogP contribution in [0.15, 0.2) is 48.5 Å². The van der Waals surface area contributed by atoms with Crippen LogP contribution >= 0.6 is 0 Å². The van der Waals surface area contributed by atoms with Gasteiger partial charge in [-0.1, -0.05) is 18.2 Å². The Labute approximate surface area is 176 Å². The molecule has 0 aliphatic carbocycles. The van der Waals surface area contributed by atoms with Crippen LogP contribution in [0.2, 0.25) is 0 Å². The highest BCUT2D eigenvalue weighted by atomic mass is 19.3. The van der Waals surface area contributed by atoms with Crippen LogP contribution in [0, 0.1) is 0 Å². The van der Waals surface area contributed by atoms with E-state index in [1.165, 1.54) is 44.4 Å². The number of carbonyl (C=O) groups excluding carboxylic acids is 3. The van der Waals surface area contributed by atoms with Crippen LogP contribution < -0.4 is 14.8 Å². The molecule has 164 valence electrons. The molecular formula is C21H20F2N2O6. The molecule has 8 nitrogen and oxygen atoms in total. The minimum absolute atomic E-state index is 0.00102. The van der Waals surface area contributed by atoms with E-state index in [2.05, 4.69) is 14.8 Å². The van der Waals surface area contributed by atoms with Crippen molar-refractivity contribution in [3.63, 3.8) is 0 Å². The van der Waals surface area contributed by atoms with Gasteiger partial charge in [-0.25, -0.2) is 9.59 Å². The average Bonchev–Trinajstić information content (AvgIpc) is 2.97. The molecule has 1 saturated heterocycles. The lowest BCUT2D eigenvalue weighted by Gasteiger charge is -2.22. The summed E-state index contributed by atoms with van der Waals surface area (Å²) < 4.78 is 39.1. The summed E-state index contributed by atoms with van der Waals surface area (Å²) in [6.07, 6.45) is 0. The number of imide groups is 1. The second-order valence-corrected chi connectivity index (χ2v) is 6.78. The smallest absolute Gasteiger partial charge is 0.387 e. The monoisotopic (exact) mass is 434 g/mol. The lowest BCUT2D eigenvalue weighted by molar-refractivity contribution is -0.131. The van der Waals surface area contributed by atoms with Gasteiger partial charge in [-0.2, -0.15) is 8.78 Å². The molecule has 0 spiro atoms. The van der Waals surface area contributed by atoms with Crippen LogP contribution in [0.4, 0.5) is 13.6 Å². The van der Waals surface area contributed by atoms with E-state index >= 15 is 0 Å². The Kier molecular flexibility index (Phi) is 6.38. The van der Waals surface area contributed by atoms with Crippen LogP contribution in [0.5, 0.6) is 11.5 Å². The van der Waals surface area contributed by atoms with Gasteiger partial charge in [0.15, 0.2) is 0 Å². The maximum Gasteiger partial charge on any atom is 0.387 e. The van der Waals surface area contributed by atoms with Crippen molar-refractivity contribution in [1.29, 1.82) is 0 Å². The van der Waals surface area contributed by atoms with Crippen LogP contribution in [0.1, 0.15) is 22.8 Å². The van der Waals surface area contributed by atoms with E-state index in [1.807, 2.05) is 0 Å². The predicted molar refractivity (Wildman–Crippen MR) is 104 cm³/mol. The Balaban J connectivity index is 1.64. The number of ether oxygens (including phenoxy) is 3. The molecule has 1 atom stereocenters. The zero-order valence-corrected chi connectivity index (χ0v) is 16.8. The standard InChI is InChI=1S/C21H20F2N2O6/c1-21(14-6-8-15(9-7-14)31-19(22)23)18(27)25(20(28)24-21)10-11-30-16-5-3-4-13(12-16)17(26)29-2/h3-9,12,19H,10-11H2,1-2H3,(H,24,28). The Hall–Kier alpha value is -3.69. The first-order valence-electron chi connectivity index (χ1n) is 9.25. The molecule has 3 rings (SSSR count). The van der Waals surface area contributed by atoms with Gasteiger partial charge in [-0.05, 0) is 42.8 Å². The Morgan fingerprint density at radius 2 is 1.84 bits per heavy atom. The van der Waals surface area contributed by atoms with Gasteiger partial charge >= 0.3 is 18.6 Å². The molecule has 1 unspecified atom stereocenters. The highest BCUT2D eigenvalue weighted by Gasteiger charge is 2.48. The normalized spacial score (nSPS) is 18.2. The highest BCUT2D eigenvalue weighted by molar-refractivity contribution is 6.07. The van der Waals surface area contributed by atoms with E-state index in [9.17, 15) is 23.2 Å². The molecule has 31 heavy (non-hydrogen) atoms. The van der Waals surface area contributed by atoms with Crippen LogP contribution in [-0.4, -0.2) is 49.7 Å². The molecule has 10 heteroatoms. The summed E-state index contributed by atoms with van der Waals surface area (Å²) in [5.41, 5.74) is -0.630. The Morgan fingerprint density at radius 1 is 1.13 bits per heavy atom. The Bertz CT molecular complexity index is 982. The van der Waals surface area contributed by atoms with E-state index in [0.717, 1.165) is 4.90 Å². The van der Waals surface area contributed by atoms with Crippen molar-refractivity contribution in [2.45, 2.75) is 19.1 Å². The molecule has 2 aromatic carbocycles. The third-order valence-corrected chi connectivity index (χ3v) is 4.77. The van der Waals surface area contributed by atoms with Crippen LogP contribution in [-0.2, 0) is 15.1 Å². The van der Waals surface area contributed by atoms with E-state index < -0.39 is 30.1 Å². The first-order chi connectivity index (χ1) is 14.7. The quantitative estimate of drug-likeness (QED) is 0.507. The summed E-state index contributed by atoms with van der Waals surface area (Å²) in [6, 6.07) is 11.2. The molecule has 1 fully saturated rings. The van der Waals surface area contributed by atoms with Gasteiger partial charge in [0, 0.05) is 0 Å². The summed E-state index contributed by atoms with van der Waals surface area (Å²) in [5.74, 6) is -0.696. The van der Waals surface area contributed by atoms with Crippen LogP contribution in [0.3, 0.4) is 0 Å². The number of halogens is 2.